The lowest BCUT2D eigenvalue weighted by molar-refractivity contribution is -0.118. The summed E-state index contributed by atoms with van der Waals surface area (Å²) in [5.74, 6) is 0.361. The summed E-state index contributed by atoms with van der Waals surface area (Å²) in [7, 11) is 1.86. The number of ether oxygens (including phenoxy) is 1. The minimum Gasteiger partial charge on any atom is -0.484 e. The van der Waals surface area contributed by atoms with Crippen molar-refractivity contribution in [3.63, 3.8) is 0 Å². The molecule has 0 heterocycles. The van der Waals surface area contributed by atoms with Gasteiger partial charge in [0, 0.05) is 17.3 Å². The lowest BCUT2D eigenvalue weighted by Gasteiger charge is -2.11. The number of para-hydroxylation sites is 1. The van der Waals surface area contributed by atoms with E-state index in [1.165, 1.54) is 0 Å². The molecule has 4 nitrogen and oxygen atoms in total. The van der Waals surface area contributed by atoms with Gasteiger partial charge in [-0.1, -0.05) is 35.9 Å². The van der Waals surface area contributed by atoms with E-state index in [1.54, 1.807) is 24.3 Å². The second-order valence-electron chi connectivity index (χ2n) is 4.48. The van der Waals surface area contributed by atoms with Gasteiger partial charge in [-0.3, -0.25) is 4.79 Å². The van der Waals surface area contributed by atoms with Crippen LogP contribution in [0.15, 0.2) is 48.5 Å². The molecule has 0 unspecified atom stereocenters. The van der Waals surface area contributed by atoms with Crippen molar-refractivity contribution in [1.29, 1.82) is 0 Å². The summed E-state index contributed by atoms with van der Waals surface area (Å²) in [5.41, 5.74) is 1.81. The van der Waals surface area contributed by atoms with E-state index in [0.717, 1.165) is 11.3 Å². The molecule has 0 bridgehead atoms. The van der Waals surface area contributed by atoms with Gasteiger partial charge in [0.05, 0.1) is 0 Å². The molecule has 0 aromatic heterocycles. The molecule has 0 aliphatic carbocycles. The lowest BCUT2D eigenvalue weighted by atomic mass is 10.2. The third-order valence-corrected chi connectivity index (χ3v) is 3.06. The van der Waals surface area contributed by atoms with E-state index >= 15 is 0 Å². The van der Waals surface area contributed by atoms with E-state index < -0.39 is 0 Å². The molecule has 2 N–H and O–H groups in total. The Morgan fingerprint density at radius 3 is 2.76 bits per heavy atom. The minimum atomic E-state index is -0.210. The number of benzene rings is 2. The molecule has 21 heavy (non-hydrogen) atoms. The van der Waals surface area contributed by atoms with Crippen molar-refractivity contribution in [2.24, 2.45) is 0 Å². The Balaban J connectivity index is 1.93. The van der Waals surface area contributed by atoms with Gasteiger partial charge in [-0.25, -0.2) is 0 Å². The molecule has 5 heteroatoms. The average molecular weight is 305 g/mol. The predicted octanol–water partition coefficient (Wildman–Crippen LogP) is 3.08. The number of hydrogen-bond acceptors (Lipinski definition) is 3. The molecule has 1 amide bonds. The smallest absolute Gasteiger partial charge is 0.262 e. The van der Waals surface area contributed by atoms with Crippen LogP contribution >= 0.6 is 11.6 Å². The normalized spacial score (nSPS) is 10.2. The van der Waals surface area contributed by atoms with Crippen LogP contribution in [-0.2, 0) is 11.3 Å². The van der Waals surface area contributed by atoms with Gasteiger partial charge in [0.25, 0.3) is 5.91 Å². The Kier molecular flexibility index (Phi) is 5.60. The highest BCUT2D eigenvalue weighted by Crippen LogP contribution is 2.18. The Bertz CT molecular complexity index is 617. The number of carbonyl (C=O) groups is 1. The van der Waals surface area contributed by atoms with Crippen LogP contribution in [0.25, 0.3) is 0 Å². The Morgan fingerprint density at radius 2 is 2.00 bits per heavy atom. The number of carbonyl (C=O) groups excluding carboxylic acids is 1. The molecule has 0 radical (unpaired) electrons. The van der Waals surface area contributed by atoms with Gasteiger partial charge in [0.2, 0.25) is 0 Å². The first-order valence-corrected chi connectivity index (χ1v) is 6.97. The molecule has 0 fully saturated rings. The first-order valence-electron chi connectivity index (χ1n) is 6.60. The number of hydrogen-bond donors (Lipinski definition) is 2. The van der Waals surface area contributed by atoms with Crippen LogP contribution in [0.3, 0.4) is 0 Å². The van der Waals surface area contributed by atoms with Crippen LogP contribution in [-0.4, -0.2) is 19.6 Å². The van der Waals surface area contributed by atoms with Crippen molar-refractivity contribution in [3.8, 4) is 5.75 Å². The zero-order valence-electron chi connectivity index (χ0n) is 11.7. The highest BCUT2D eigenvalue weighted by Gasteiger charge is 2.07. The van der Waals surface area contributed by atoms with Crippen molar-refractivity contribution in [1.82, 2.24) is 5.32 Å². The fourth-order valence-electron chi connectivity index (χ4n) is 1.88. The van der Waals surface area contributed by atoms with E-state index in [9.17, 15) is 4.79 Å². The summed E-state index contributed by atoms with van der Waals surface area (Å²) in [4.78, 5) is 11.9. The molecule has 0 spiro atoms. The van der Waals surface area contributed by atoms with Gasteiger partial charge in [-0.2, -0.15) is 0 Å². The minimum absolute atomic E-state index is 0.0613. The molecule has 2 aromatic carbocycles. The number of halogens is 1. The molecular formula is C16H17ClN2O2. The van der Waals surface area contributed by atoms with Crippen molar-refractivity contribution in [2.45, 2.75) is 6.54 Å². The number of anilines is 1. The Morgan fingerprint density at radius 1 is 1.19 bits per heavy atom. The van der Waals surface area contributed by atoms with Gasteiger partial charge in [-0.05, 0) is 36.9 Å². The van der Waals surface area contributed by atoms with Gasteiger partial charge in [-0.15, -0.1) is 0 Å². The van der Waals surface area contributed by atoms with E-state index in [0.29, 0.717) is 17.3 Å². The largest absolute Gasteiger partial charge is 0.484 e. The van der Waals surface area contributed by atoms with Crippen LogP contribution in [0.5, 0.6) is 5.75 Å². The average Bonchev–Trinajstić information content (AvgIpc) is 2.48. The third-order valence-electron chi connectivity index (χ3n) is 2.82. The predicted molar refractivity (Wildman–Crippen MR) is 84.8 cm³/mol. The SMILES string of the molecule is CNCc1ccccc1NC(=O)COc1cccc(Cl)c1. The molecule has 0 atom stereocenters. The summed E-state index contributed by atoms with van der Waals surface area (Å²) in [5, 5.41) is 6.48. The standard InChI is InChI=1S/C16H17ClN2O2/c1-18-10-12-5-2-3-8-15(12)19-16(20)11-21-14-7-4-6-13(17)9-14/h2-9,18H,10-11H2,1H3,(H,19,20). The first-order chi connectivity index (χ1) is 10.2. The second kappa shape index (κ2) is 7.67. The number of amides is 1. The zero-order chi connectivity index (χ0) is 15.1. The van der Waals surface area contributed by atoms with Crippen LogP contribution in [0.2, 0.25) is 5.02 Å². The Labute approximate surface area is 129 Å². The van der Waals surface area contributed by atoms with Gasteiger partial charge < -0.3 is 15.4 Å². The fraction of sp³-hybridized carbons (Fsp3) is 0.188. The summed E-state index contributed by atoms with van der Waals surface area (Å²) >= 11 is 5.86. The maximum atomic E-state index is 11.9. The molecule has 110 valence electrons. The zero-order valence-corrected chi connectivity index (χ0v) is 12.5. The van der Waals surface area contributed by atoms with E-state index in [2.05, 4.69) is 10.6 Å². The molecule has 0 saturated carbocycles. The molecule has 0 aliphatic rings. The van der Waals surface area contributed by atoms with Crippen LogP contribution in [0.1, 0.15) is 5.56 Å². The summed E-state index contributed by atoms with van der Waals surface area (Å²) in [6.07, 6.45) is 0. The van der Waals surface area contributed by atoms with Crippen molar-refractivity contribution in [2.75, 3.05) is 19.0 Å². The molecule has 2 aromatic rings. The fourth-order valence-corrected chi connectivity index (χ4v) is 2.06. The molecule has 0 saturated heterocycles. The van der Waals surface area contributed by atoms with E-state index in [4.69, 9.17) is 16.3 Å². The first kappa shape index (κ1) is 15.4. The van der Waals surface area contributed by atoms with Crippen LogP contribution in [0.4, 0.5) is 5.69 Å². The molecule has 2 rings (SSSR count). The van der Waals surface area contributed by atoms with Crippen molar-refractivity contribution < 1.29 is 9.53 Å². The van der Waals surface area contributed by atoms with Gasteiger partial charge in [0.15, 0.2) is 6.61 Å². The van der Waals surface area contributed by atoms with Crippen molar-refractivity contribution in [3.05, 3.63) is 59.1 Å². The lowest BCUT2D eigenvalue weighted by Crippen LogP contribution is -2.21. The van der Waals surface area contributed by atoms with Crippen LogP contribution in [0, 0.1) is 0 Å². The molecule has 0 aliphatic heterocycles. The second-order valence-corrected chi connectivity index (χ2v) is 4.92. The van der Waals surface area contributed by atoms with Crippen LogP contribution < -0.4 is 15.4 Å². The topological polar surface area (TPSA) is 50.4 Å². The quantitative estimate of drug-likeness (QED) is 0.862. The van der Waals surface area contributed by atoms with Gasteiger partial charge >= 0.3 is 0 Å². The summed E-state index contributed by atoms with van der Waals surface area (Å²) < 4.78 is 5.41. The monoisotopic (exact) mass is 304 g/mol. The summed E-state index contributed by atoms with van der Waals surface area (Å²) in [6, 6.07) is 14.6. The summed E-state index contributed by atoms with van der Waals surface area (Å²) in [6.45, 7) is 0.625. The van der Waals surface area contributed by atoms with Crippen molar-refractivity contribution >= 4 is 23.2 Å². The maximum Gasteiger partial charge on any atom is 0.262 e. The maximum absolute atomic E-state index is 11.9. The molecular weight excluding hydrogens is 288 g/mol. The number of nitrogens with one attached hydrogen (secondary N) is 2. The highest BCUT2D eigenvalue weighted by atomic mass is 35.5. The Hall–Kier alpha value is -2.04. The highest BCUT2D eigenvalue weighted by molar-refractivity contribution is 6.30. The van der Waals surface area contributed by atoms with E-state index in [1.807, 2.05) is 31.3 Å². The number of rotatable bonds is 6. The van der Waals surface area contributed by atoms with E-state index in [-0.39, 0.29) is 12.5 Å². The third kappa shape index (κ3) is 4.77. The van der Waals surface area contributed by atoms with Gasteiger partial charge in [0.1, 0.15) is 5.75 Å².